The molecular weight excluding hydrogens is 429 g/mol. The molecule has 1 saturated carbocycles. The van der Waals surface area contributed by atoms with Crippen molar-refractivity contribution in [3.8, 4) is 11.4 Å². The zero-order valence-electron chi connectivity index (χ0n) is 16.5. The van der Waals surface area contributed by atoms with Gasteiger partial charge in [-0.3, -0.25) is 4.98 Å². The molecule has 1 N–H and O–H groups in total. The normalized spacial score (nSPS) is 18.8. The Hall–Kier alpha value is -1.66. The van der Waals surface area contributed by atoms with Crippen molar-refractivity contribution in [2.75, 3.05) is 19.4 Å². The van der Waals surface area contributed by atoms with Crippen LogP contribution in [0.4, 0.5) is 5.82 Å². The maximum Gasteiger partial charge on any atom is 0.155 e. The van der Waals surface area contributed by atoms with Crippen LogP contribution >= 0.6 is 36.4 Å². The van der Waals surface area contributed by atoms with Crippen LogP contribution in [0.25, 0.3) is 22.4 Å². The van der Waals surface area contributed by atoms with Gasteiger partial charge in [-0.15, -0.1) is 24.8 Å². The lowest BCUT2D eigenvalue weighted by molar-refractivity contribution is 0.221. The first-order chi connectivity index (χ1) is 13.1. The molecule has 0 amide bonds. The van der Waals surface area contributed by atoms with Crippen LogP contribution in [0.2, 0.25) is 5.02 Å². The van der Waals surface area contributed by atoms with E-state index in [1.165, 1.54) is 12.8 Å². The Morgan fingerprint density at radius 1 is 0.966 bits per heavy atom. The topological polar surface area (TPSA) is 53.9 Å². The van der Waals surface area contributed by atoms with E-state index in [-0.39, 0.29) is 24.8 Å². The van der Waals surface area contributed by atoms with Crippen molar-refractivity contribution in [3.63, 3.8) is 0 Å². The Balaban J connectivity index is 0.00000150. The third-order valence-electron chi connectivity index (χ3n) is 5.30. The van der Waals surface area contributed by atoms with E-state index >= 15 is 0 Å². The van der Waals surface area contributed by atoms with E-state index in [4.69, 9.17) is 21.6 Å². The Bertz CT molecular complexity index is 928. The first-order valence-electron chi connectivity index (χ1n) is 9.42. The van der Waals surface area contributed by atoms with Crippen LogP contribution in [0, 0.1) is 0 Å². The summed E-state index contributed by atoms with van der Waals surface area (Å²) < 4.78 is 0. The van der Waals surface area contributed by atoms with Gasteiger partial charge in [0.25, 0.3) is 0 Å². The number of fused-ring (bicyclic) bond motifs is 1. The summed E-state index contributed by atoms with van der Waals surface area (Å²) in [6.45, 7) is 0. The van der Waals surface area contributed by atoms with Crippen LogP contribution < -0.4 is 5.32 Å². The number of rotatable bonds is 4. The van der Waals surface area contributed by atoms with Gasteiger partial charge in [0, 0.05) is 23.3 Å². The predicted molar refractivity (Wildman–Crippen MR) is 126 cm³/mol. The fraction of sp³-hybridized carbons (Fsp3) is 0.381. The average molecular weight is 455 g/mol. The number of aromatic nitrogens is 3. The van der Waals surface area contributed by atoms with Gasteiger partial charge in [0.15, 0.2) is 5.82 Å². The summed E-state index contributed by atoms with van der Waals surface area (Å²) in [5.41, 5.74) is 3.24. The molecule has 29 heavy (non-hydrogen) atoms. The fourth-order valence-electron chi connectivity index (χ4n) is 3.74. The van der Waals surface area contributed by atoms with Crippen molar-refractivity contribution >= 4 is 53.3 Å². The highest BCUT2D eigenvalue weighted by atomic mass is 35.5. The summed E-state index contributed by atoms with van der Waals surface area (Å²) in [4.78, 5) is 16.5. The minimum absolute atomic E-state index is 0. The van der Waals surface area contributed by atoms with Gasteiger partial charge < -0.3 is 10.2 Å². The van der Waals surface area contributed by atoms with Crippen LogP contribution in [0.3, 0.4) is 0 Å². The van der Waals surface area contributed by atoms with E-state index in [0.717, 1.165) is 41.1 Å². The lowest BCUT2D eigenvalue weighted by Crippen LogP contribution is -2.36. The molecule has 0 atom stereocenters. The molecule has 1 aliphatic carbocycles. The van der Waals surface area contributed by atoms with Gasteiger partial charge >= 0.3 is 0 Å². The number of nitrogens with one attached hydrogen (secondary N) is 1. The van der Waals surface area contributed by atoms with E-state index in [2.05, 4.69) is 29.3 Å². The molecule has 2 aromatic heterocycles. The number of hydrogen-bond acceptors (Lipinski definition) is 5. The maximum atomic E-state index is 6.16. The molecule has 0 spiro atoms. The molecule has 8 heteroatoms. The van der Waals surface area contributed by atoms with Gasteiger partial charge in [-0.1, -0.05) is 17.7 Å². The van der Waals surface area contributed by atoms with E-state index in [0.29, 0.717) is 17.1 Å². The molecule has 2 heterocycles. The zero-order chi connectivity index (χ0) is 18.8. The minimum Gasteiger partial charge on any atom is -0.365 e. The number of hydrogen-bond donors (Lipinski definition) is 1. The molecule has 5 nitrogen and oxygen atoms in total. The van der Waals surface area contributed by atoms with Crippen molar-refractivity contribution in [2.24, 2.45) is 0 Å². The van der Waals surface area contributed by atoms with Crippen molar-refractivity contribution in [2.45, 2.75) is 37.8 Å². The smallest absolute Gasteiger partial charge is 0.155 e. The van der Waals surface area contributed by atoms with E-state index < -0.39 is 0 Å². The highest BCUT2D eigenvalue weighted by Crippen LogP contribution is 2.30. The Kier molecular flexibility index (Phi) is 8.46. The average Bonchev–Trinajstić information content (AvgIpc) is 2.68. The van der Waals surface area contributed by atoms with Crippen LogP contribution in [0.1, 0.15) is 25.7 Å². The first-order valence-corrected chi connectivity index (χ1v) is 9.79. The number of pyridine rings is 1. The van der Waals surface area contributed by atoms with Crippen molar-refractivity contribution in [1.82, 2.24) is 19.9 Å². The molecule has 0 radical (unpaired) electrons. The molecule has 1 fully saturated rings. The SMILES string of the molecule is CN(C)C1CCC(Nc2nc3cc(Cl)ccc3nc2-c2ccccn2)CC1.Cl.Cl. The molecule has 1 aromatic carbocycles. The quantitative estimate of drug-likeness (QED) is 0.566. The lowest BCUT2D eigenvalue weighted by atomic mass is 9.90. The summed E-state index contributed by atoms with van der Waals surface area (Å²) in [5.74, 6) is 0.789. The zero-order valence-corrected chi connectivity index (χ0v) is 18.9. The molecular formula is C21H26Cl3N5. The summed E-state index contributed by atoms with van der Waals surface area (Å²) >= 11 is 6.16. The van der Waals surface area contributed by atoms with Gasteiger partial charge in [-0.25, -0.2) is 9.97 Å². The highest BCUT2D eigenvalue weighted by molar-refractivity contribution is 6.31. The maximum absolute atomic E-state index is 6.16. The monoisotopic (exact) mass is 453 g/mol. The Labute approximate surface area is 189 Å². The van der Waals surface area contributed by atoms with Gasteiger partial charge in [0.05, 0.1) is 16.7 Å². The third kappa shape index (κ3) is 5.48. The van der Waals surface area contributed by atoms with Crippen molar-refractivity contribution in [1.29, 1.82) is 0 Å². The summed E-state index contributed by atoms with van der Waals surface area (Å²) in [6, 6.07) is 12.5. The van der Waals surface area contributed by atoms with E-state index in [1.54, 1.807) is 6.20 Å². The highest BCUT2D eigenvalue weighted by Gasteiger charge is 2.24. The predicted octanol–water partition coefficient (Wildman–Crippen LogP) is 5.47. The molecule has 0 bridgehead atoms. The van der Waals surface area contributed by atoms with Crippen LogP contribution in [-0.2, 0) is 0 Å². The van der Waals surface area contributed by atoms with E-state index in [9.17, 15) is 0 Å². The number of halogens is 3. The Morgan fingerprint density at radius 3 is 2.38 bits per heavy atom. The second kappa shape index (κ2) is 10.4. The van der Waals surface area contributed by atoms with Crippen LogP contribution in [-0.4, -0.2) is 46.0 Å². The van der Waals surface area contributed by atoms with Gasteiger partial charge in [-0.2, -0.15) is 0 Å². The first kappa shape index (κ1) is 23.6. The number of anilines is 1. The summed E-state index contributed by atoms with van der Waals surface area (Å²) in [7, 11) is 4.33. The van der Waals surface area contributed by atoms with Gasteiger partial charge in [-0.05, 0) is 70.1 Å². The summed E-state index contributed by atoms with van der Waals surface area (Å²) in [6.07, 6.45) is 6.42. The van der Waals surface area contributed by atoms with Gasteiger partial charge in [0.2, 0.25) is 0 Å². The Morgan fingerprint density at radius 2 is 1.72 bits per heavy atom. The largest absolute Gasteiger partial charge is 0.365 e. The van der Waals surface area contributed by atoms with Crippen LogP contribution in [0.15, 0.2) is 42.6 Å². The minimum atomic E-state index is 0. The number of benzene rings is 1. The number of nitrogens with zero attached hydrogens (tertiary/aromatic N) is 4. The van der Waals surface area contributed by atoms with Crippen molar-refractivity contribution < 1.29 is 0 Å². The molecule has 156 valence electrons. The van der Waals surface area contributed by atoms with Crippen LogP contribution in [0.5, 0.6) is 0 Å². The molecule has 3 aromatic rings. The molecule has 4 rings (SSSR count). The van der Waals surface area contributed by atoms with E-state index in [1.807, 2.05) is 36.4 Å². The molecule has 1 aliphatic rings. The summed E-state index contributed by atoms with van der Waals surface area (Å²) in [5, 5.41) is 4.31. The standard InChI is InChI=1S/C21H24ClN5.2ClH/c1-27(2)16-9-7-15(8-10-16)24-21-20(18-5-3-4-12-23-18)25-17-11-6-14(22)13-19(17)26-21;;/h3-6,11-13,15-16H,7-10H2,1-2H3,(H,24,26);2*1H. The van der Waals surface area contributed by atoms with Gasteiger partial charge in [0.1, 0.15) is 5.69 Å². The lowest BCUT2D eigenvalue weighted by Gasteiger charge is -2.33. The van der Waals surface area contributed by atoms with Crippen molar-refractivity contribution in [3.05, 3.63) is 47.6 Å². The third-order valence-corrected chi connectivity index (χ3v) is 5.54. The molecule has 0 aliphatic heterocycles. The molecule has 0 unspecified atom stereocenters. The second-order valence-electron chi connectivity index (χ2n) is 7.38. The second-order valence-corrected chi connectivity index (χ2v) is 7.82. The fourth-order valence-corrected chi connectivity index (χ4v) is 3.91. The molecule has 0 saturated heterocycles.